The van der Waals surface area contributed by atoms with Crippen molar-refractivity contribution in [2.45, 2.75) is 49.8 Å². The van der Waals surface area contributed by atoms with Gasteiger partial charge in [-0.1, -0.05) is 46.3 Å². The van der Waals surface area contributed by atoms with Crippen molar-refractivity contribution >= 4 is 36.9 Å². The summed E-state index contributed by atoms with van der Waals surface area (Å²) >= 11 is 3.59. The van der Waals surface area contributed by atoms with Crippen LogP contribution in [0, 0.1) is 11.6 Å². The minimum atomic E-state index is -4.06. The molecular formula is C40H34BrF2N5O4S. The summed E-state index contributed by atoms with van der Waals surface area (Å²) in [6.07, 6.45) is 7.29. The highest BCUT2D eigenvalue weighted by molar-refractivity contribution is 9.10. The number of hydrogen-bond acceptors (Lipinski definition) is 6. The first-order valence-corrected chi connectivity index (χ1v) is 19.3. The van der Waals surface area contributed by atoms with Gasteiger partial charge in [-0.15, -0.1) is 0 Å². The highest BCUT2D eigenvalue weighted by Gasteiger charge is 2.27. The van der Waals surface area contributed by atoms with E-state index in [9.17, 15) is 8.42 Å². The van der Waals surface area contributed by atoms with Crippen molar-refractivity contribution in [1.82, 2.24) is 23.5 Å². The van der Waals surface area contributed by atoms with E-state index in [0.29, 0.717) is 36.2 Å². The van der Waals surface area contributed by atoms with Crippen molar-refractivity contribution in [3.8, 4) is 22.8 Å². The number of halogens is 3. The van der Waals surface area contributed by atoms with Crippen LogP contribution in [0.15, 0.2) is 125 Å². The van der Waals surface area contributed by atoms with Crippen LogP contribution in [0.25, 0.3) is 22.2 Å². The van der Waals surface area contributed by atoms with E-state index in [-0.39, 0.29) is 39.9 Å². The zero-order valence-corrected chi connectivity index (χ0v) is 31.2. The first-order valence-electron chi connectivity index (χ1n) is 17.0. The van der Waals surface area contributed by atoms with Crippen LogP contribution in [0.5, 0.6) is 11.5 Å². The van der Waals surface area contributed by atoms with E-state index in [1.165, 1.54) is 36.5 Å². The number of aromatic nitrogens is 5. The van der Waals surface area contributed by atoms with Gasteiger partial charge in [-0.05, 0) is 86.0 Å². The summed E-state index contributed by atoms with van der Waals surface area (Å²) in [4.78, 5) is 0.0688. The third-order valence-corrected chi connectivity index (χ3v) is 11.6. The molecule has 4 heterocycles. The molecule has 0 amide bonds. The lowest BCUT2D eigenvalue weighted by Crippen LogP contribution is -2.32. The summed E-state index contributed by atoms with van der Waals surface area (Å²) < 4.78 is 78.1. The second kappa shape index (κ2) is 13.7. The number of nitrogens with zero attached hydrogens (tertiary/aromatic N) is 5. The van der Waals surface area contributed by atoms with Crippen LogP contribution in [0.3, 0.4) is 0 Å². The molecule has 0 radical (unpaired) electrons. The molecular weight excluding hydrogens is 764 g/mol. The summed E-state index contributed by atoms with van der Waals surface area (Å²) in [7, 11) is -4.06. The molecule has 1 atom stereocenters. The Bertz CT molecular complexity index is 2580. The number of rotatable bonds is 3. The Morgan fingerprint density at radius 1 is 0.925 bits per heavy atom. The first kappa shape index (κ1) is 34.9. The van der Waals surface area contributed by atoms with Crippen molar-refractivity contribution < 1.29 is 26.7 Å². The standard InChI is InChI=1S/C40H34BrF2N5O4S/c1-40(2)25-46-24-26(23-45-46)19-32-31-14-17-47(53(49,50)30-9-4-3-5-10-30)38(31)22-35(43)39(32)52-29-11-12-34(42)33(21-29)37-13-16-44-48(37)36(15-18-51-40)27-7-6-8-28(41)20-27/h3-14,16-17,20-24,36H,15,18-19,25H2,1-2H3. The molecule has 4 bridgehead atoms. The fourth-order valence-corrected chi connectivity index (χ4v) is 8.73. The van der Waals surface area contributed by atoms with Crippen molar-refractivity contribution in [2.24, 2.45) is 0 Å². The lowest BCUT2D eigenvalue weighted by atomic mass is 10.0. The third kappa shape index (κ3) is 6.80. The van der Waals surface area contributed by atoms with Gasteiger partial charge in [0.05, 0.1) is 40.5 Å². The molecule has 3 aromatic heterocycles. The zero-order chi connectivity index (χ0) is 36.9. The van der Waals surface area contributed by atoms with Crippen molar-refractivity contribution in [3.05, 3.63) is 149 Å². The van der Waals surface area contributed by atoms with Crippen molar-refractivity contribution in [3.63, 3.8) is 0 Å². The van der Waals surface area contributed by atoms with Gasteiger partial charge in [0.1, 0.15) is 11.6 Å². The SMILES string of the molecule is CC1(C)Cn2cc(cn2)Cc2c(c(F)cc3c2ccn3S(=O)(=O)c2ccccc2)Oc2ccc(F)c(c2)-c2ccnn2C(c2cccc(Br)c2)CCO1. The van der Waals surface area contributed by atoms with E-state index in [0.717, 1.165) is 25.6 Å². The molecule has 1 aliphatic heterocycles. The molecule has 1 unspecified atom stereocenters. The van der Waals surface area contributed by atoms with Gasteiger partial charge in [0.15, 0.2) is 11.6 Å². The highest BCUT2D eigenvalue weighted by atomic mass is 79.9. The molecule has 1 aliphatic rings. The number of ether oxygens (including phenoxy) is 2. The van der Waals surface area contributed by atoms with E-state index in [2.05, 4.69) is 26.1 Å². The summed E-state index contributed by atoms with van der Waals surface area (Å²) in [6, 6.07) is 24.3. The number of benzene rings is 4. The van der Waals surface area contributed by atoms with Crippen LogP contribution in [-0.4, -0.2) is 44.2 Å². The van der Waals surface area contributed by atoms with E-state index < -0.39 is 27.3 Å². The minimum Gasteiger partial charge on any atom is -0.454 e. The highest BCUT2D eigenvalue weighted by Crippen LogP contribution is 2.40. The largest absolute Gasteiger partial charge is 0.454 e. The number of hydrogen-bond donors (Lipinski definition) is 0. The van der Waals surface area contributed by atoms with Crippen LogP contribution < -0.4 is 4.74 Å². The molecule has 0 aliphatic carbocycles. The van der Waals surface area contributed by atoms with Gasteiger partial charge in [0.25, 0.3) is 10.0 Å². The molecule has 7 aromatic rings. The summed E-state index contributed by atoms with van der Waals surface area (Å²) in [5.41, 5.74) is 2.34. The second-order valence-corrected chi connectivity index (χ2v) is 16.4. The van der Waals surface area contributed by atoms with Crippen LogP contribution >= 0.6 is 15.9 Å². The van der Waals surface area contributed by atoms with Gasteiger partial charge in [0, 0.05) is 58.7 Å². The fourth-order valence-electron chi connectivity index (χ4n) is 6.95. The number of fused-ring (bicyclic) bond motifs is 9. The normalized spacial score (nSPS) is 16.3. The summed E-state index contributed by atoms with van der Waals surface area (Å²) in [6.45, 7) is 4.76. The molecule has 9 nitrogen and oxygen atoms in total. The zero-order valence-electron chi connectivity index (χ0n) is 28.8. The van der Waals surface area contributed by atoms with Crippen LogP contribution in [0.2, 0.25) is 0 Å². The van der Waals surface area contributed by atoms with Gasteiger partial charge in [0.2, 0.25) is 0 Å². The fraction of sp³-hybridized carbons (Fsp3) is 0.200. The average Bonchev–Trinajstić information content (AvgIpc) is 3.89. The Labute approximate surface area is 313 Å². The van der Waals surface area contributed by atoms with E-state index in [1.807, 2.05) is 44.3 Å². The van der Waals surface area contributed by atoms with E-state index in [1.54, 1.807) is 52.1 Å². The predicted molar refractivity (Wildman–Crippen MR) is 201 cm³/mol. The van der Waals surface area contributed by atoms with Crippen LogP contribution in [0.1, 0.15) is 43.0 Å². The van der Waals surface area contributed by atoms with E-state index in [4.69, 9.17) is 9.47 Å². The summed E-state index contributed by atoms with van der Waals surface area (Å²) in [5, 5.41) is 9.73. The van der Waals surface area contributed by atoms with Gasteiger partial charge >= 0.3 is 0 Å². The van der Waals surface area contributed by atoms with Crippen molar-refractivity contribution in [1.29, 1.82) is 0 Å². The summed E-state index contributed by atoms with van der Waals surface area (Å²) in [5.74, 6) is -1.21. The third-order valence-electron chi connectivity index (χ3n) is 9.40. The molecule has 0 spiro atoms. The lowest BCUT2D eigenvalue weighted by molar-refractivity contribution is -0.0354. The first-order chi connectivity index (χ1) is 25.5. The Morgan fingerprint density at radius 2 is 1.75 bits per heavy atom. The maximum Gasteiger partial charge on any atom is 0.268 e. The molecule has 8 rings (SSSR count). The van der Waals surface area contributed by atoms with Gasteiger partial charge in [-0.2, -0.15) is 10.2 Å². The molecule has 4 aromatic carbocycles. The predicted octanol–water partition coefficient (Wildman–Crippen LogP) is 9.15. The Kier molecular flexibility index (Phi) is 9.04. The van der Waals surface area contributed by atoms with E-state index >= 15 is 8.78 Å². The molecule has 0 saturated heterocycles. The van der Waals surface area contributed by atoms with Crippen LogP contribution in [-0.2, 0) is 27.7 Å². The lowest BCUT2D eigenvalue weighted by Gasteiger charge is -2.27. The molecule has 0 N–H and O–H groups in total. The smallest absolute Gasteiger partial charge is 0.268 e. The van der Waals surface area contributed by atoms with Gasteiger partial charge in [-0.3, -0.25) is 9.36 Å². The van der Waals surface area contributed by atoms with Crippen molar-refractivity contribution in [2.75, 3.05) is 6.61 Å². The topological polar surface area (TPSA) is 93.2 Å². The Balaban J connectivity index is 1.30. The average molecular weight is 799 g/mol. The minimum absolute atomic E-state index is 0.0688. The molecule has 53 heavy (non-hydrogen) atoms. The molecule has 270 valence electrons. The Morgan fingerprint density at radius 3 is 2.57 bits per heavy atom. The van der Waals surface area contributed by atoms with Gasteiger partial charge < -0.3 is 9.47 Å². The maximum atomic E-state index is 16.5. The van der Waals surface area contributed by atoms with Gasteiger partial charge in [-0.25, -0.2) is 21.2 Å². The molecule has 0 saturated carbocycles. The Hall–Kier alpha value is -5.11. The molecule has 0 fully saturated rings. The maximum absolute atomic E-state index is 16.5. The quantitative estimate of drug-likeness (QED) is 0.177. The monoisotopic (exact) mass is 797 g/mol. The van der Waals surface area contributed by atoms with Crippen LogP contribution in [0.4, 0.5) is 8.78 Å². The molecule has 13 heteroatoms. The second-order valence-electron chi connectivity index (χ2n) is 13.6.